The molecule has 0 saturated carbocycles. The number of hydrogen-bond acceptors (Lipinski definition) is 4. The molecule has 1 unspecified atom stereocenters. The van der Waals surface area contributed by atoms with E-state index in [4.69, 9.17) is 0 Å². The van der Waals surface area contributed by atoms with Crippen molar-refractivity contribution >= 4 is 33.4 Å². The summed E-state index contributed by atoms with van der Waals surface area (Å²) in [7, 11) is 0. The minimum absolute atomic E-state index is 0.0697. The first-order valence-corrected chi connectivity index (χ1v) is 6.57. The average molecular weight is 292 g/mol. The van der Waals surface area contributed by atoms with Gasteiger partial charge in [-0.15, -0.1) is 5.10 Å². The van der Waals surface area contributed by atoms with Gasteiger partial charge in [0, 0.05) is 11.4 Å². The van der Waals surface area contributed by atoms with Crippen LogP contribution in [0.4, 0.5) is 0 Å². The van der Waals surface area contributed by atoms with Crippen molar-refractivity contribution in [3.05, 3.63) is 10.6 Å². The molecule has 1 rings (SSSR count). The number of carbonyl (C=O) groups is 1. The first-order chi connectivity index (χ1) is 7.15. The Balaban J connectivity index is 2.60. The molecule has 0 aliphatic carbocycles. The second-order valence-electron chi connectivity index (χ2n) is 3.29. The van der Waals surface area contributed by atoms with E-state index in [0.29, 0.717) is 11.4 Å². The van der Waals surface area contributed by atoms with Crippen molar-refractivity contribution in [1.29, 1.82) is 0 Å². The summed E-state index contributed by atoms with van der Waals surface area (Å²) in [6.45, 7) is 4.65. The highest BCUT2D eigenvalue weighted by Crippen LogP contribution is 2.12. The van der Waals surface area contributed by atoms with Crippen LogP contribution in [0.3, 0.4) is 0 Å². The van der Waals surface area contributed by atoms with Crippen LogP contribution in [0.2, 0.25) is 0 Å². The van der Waals surface area contributed by atoms with Crippen LogP contribution in [0.15, 0.2) is 0 Å². The van der Waals surface area contributed by atoms with Gasteiger partial charge in [0.25, 0.3) is 5.91 Å². The zero-order valence-corrected chi connectivity index (χ0v) is 11.2. The molecule has 84 valence electrons. The molecule has 0 aliphatic heterocycles. The fourth-order valence-electron chi connectivity index (χ4n) is 1.10. The van der Waals surface area contributed by atoms with E-state index in [1.54, 1.807) is 0 Å². The first-order valence-electron chi connectivity index (χ1n) is 4.88. The van der Waals surface area contributed by atoms with Gasteiger partial charge in [-0.05, 0) is 18.0 Å². The maximum atomic E-state index is 11.7. The summed E-state index contributed by atoms with van der Waals surface area (Å²) in [5, 5.41) is 6.78. The van der Waals surface area contributed by atoms with Gasteiger partial charge in [0.15, 0.2) is 0 Å². The summed E-state index contributed by atoms with van der Waals surface area (Å²) >= 11 is 4.53. The number of alkyl halides is 1. The van der Waals surface area contributed by atoms with Gasteiger partial charge in [-0.3, -0.25) is 4.79 Å². The maximum absolute atomic E-state index is 11.7. The second-order valence-corrected chi connectivity index (χ2v) is 5.61. The first kappa shape index (κ1) is 12.6. The predicted molar refractivity (Wildman–Crippen MR) is 64.6 cm³/mol. The van der Waals surface area contributed by atoms with Crippen molar-refractivity contribution in [3.8, 4) is 0 Å². The number of nitrogens with one attached hydrogen (secondary N) is 1. The van der Waals surface area contributed by atoms with Gasteiger partial charge in [-0.2, -0.15) is 0 Å². The van der Waals surface area contributed by atoms with Crippen molar-refractivity contribution in [2.24, 2.45) is 0 Å². The van der Waals surface area contributed by atoms with E-state index in [2.05, 4.69) is 37.8 Å². The van der Waals surface area contributed by atoms with E-state index in [0.717, 1.165) is 30.1 Å². The third-order valence-electron chi connectivity index (χ3n) is 1.79. The van der Waals surface area contributed by atoms with Crippen LogP contribution in [0.1, 0.15) is 35.6 Å². The molecule has 1 heterocycles. The lowest BCUT2D eigenvalue weighted by molar-refractivity contribution is 0.0957. The summed E-state index contributed by atoms with van der Waals surface area (Å²) in [5.74, 6) is -0.0697. The zero-order valence-electron chi connectivity index (χ0n) is 8.79. The standard InChI is InChI=1S/C9H14BrN3OS/c1-3-4-7-8(15-13-12-7)9(14)11-5-6(2)10/h6H,3-5H2,1-2H3,(H,11,14). The fourth-order valence-corrected chi connectivity index (χ4v) is 1.88. The minimum Gasteiger partial charge on any atom is -0.350 e. The number of amides is 1. The summed E-state index contributed by atoms with van der Waals surface area (Å²) < 4.78 is 3.81. The number of aromatic nitrogens is 2. The second kappa shape index (κ2) is 6.17. The summed E-state index contributed by atoms with van der Waals surface area (Å²) in [5.41, 5.74) is 0.808. The van der Waals surface area contributed by atoms with Gasteiger partial charge in [-0.1, -0.05) is 40.7 Å². The molecule has 1 amide bonds. The lowest BCUT2D eigenvalue weighted by Crippen LogP contribution is -2.28. The SMILES string of the molecule is CCCc1nnsc1C(=O)NCC(C)Br. The van der Waals surface area contributed by atoms with Gasteiger partial charge in [0.1, 0.15) is 4.88 Å². The molecular formula is C9H14BrN3OS. The lowest BCUT2D eigenvalue weighted by Gasteiger charge is -2.05. The fraction of sp³-hybridized carbons (Fsp3) is 0.667. The van der Waals surface area contributed by atoms with Crippen LogP contribution >= 0.6 is 27.5 Å². The lowest BCUT2D eigenvalue weighted by atomic mass is 10.2. The molecule has 0 spiro atoms. The molecule has 4 nitrogen and oxygen atoms in total. The molecule has 0 saturated heterocycles. The Morgan fingerprint density at radius 1 is 1.67 bits per heavy atom. The molecule has 6 heteroatoms. The monoisotopic (exact) mass is 291 g/mol. The third kappa shape index (κ3) is 3.87. The van der Waals surface area contributed by atoms with E-state index >= 15 is 0 Å². The van der Waals surface area contributed by atoms with E-state index in [1.165, 1.54) is 0 Å². The molecule has 0 aliphatic rings. The Labute approximate surface area is 102 Å². The topological polar surface area (TPSA) is 54.9 Å². The normalized spacial score (nSPS) is 12.5. The molecular weight excluding hydrogens is 278 g/mol. The molecule has 15 heavy (non-hydrogen) atoms. The average Bonchev–Trinajstić information content (AvgIpc) is 2.63. The van der Waals surface area contributed by atoms with Gasteiger partial charge < -0.3 is 5.32 Å². The number of rotatable bonds is 5. The minimum atomic E-state index is -0.0697. The summed E-state index contributed by atoms with van der Waals surface area (Å²) in [6.07, 6.45) is 1.78. The highest BCUT2D eigenvalue weighted by Gasteiger charge is 2.15. The largest absolute Gasteiger partial charge is 0.350 e. The number of halogens is 1. The van der Waals surface area contributed by atoms with Gasteiger partial charge >= 0.3 is 0 Å². The van der Waals surface area contributed by atoms with Gasteiger partial charge in [0.05, 0.1) is 5.69 Å². The van der Waals surface area contributed by atoms with Crippen LogP contribution in [-0.2, 0) is 6.42 Å². The summed E-state index contributed by atoms with van der Waals surface area (Å²) in [6, 6.07) is 0. The van der Waals surface area contributed by atoms with Crippen molar-refractivity contribution in [1.82, 2.24) is 14.9 Å². The number of nitrogens with zero attached hydrogens (tertiary/aromatic N) is 2. The van der Waals surface area contributed by atoms with Crippen LogP contribution in [0.25, 0.3) is 0 Å². The molecule has 0 fully saturated rings. The predicted octanol–water partition coefficient (Wildman–Crippen LogP) is 2.00. The molecule has 1 atom stereocenters. The molecule has 1 N–H and O–H groups in total. The number of aryl methyl sites for hydroxylation is 1. The Morgan fingerprint density at radius 3 is 3.00 bits per heavy atom. The Hall–Kier alpha value is -0.490. The molecule has 0 bridgehead atoms. The maximum Gasteiger partial charge on any atom is 0.264 e. The third-order valence-corrected chi connectivity index (χ3v) is 2.88. The highest BCUT2D eigenvalue weighted by atomic mass is 79.9. The Kier molecular flexibility index (Phi) is 5.17. The number of carbonyl (C=O) groups excluding carboxylic acids is 1. The van der Waals surface area contributed by atoms with E-state index in [1.807, 2.05) is 6.92 Å². The van der Waals surface area contributed by atoms with Crippen molar-refractivity contribution in [2.45, 2.75) is 31.5 Å². The van der Waals surface area contributed by atoms with Gasteiger partial charge in [-0.25, -0.2) is 0 Å². The van der Waals surface area contributed by atoms with Gasteiger partial charge in [0.2, 0.25) is 0 Å². The van der Waals surface area contributed by atoms with E-state index in [-0.39, 0.29) is 10.7 Å². The number of hydrogen-bond donors (Lipinski definition) is 1. The zero-order chi connectivity index (χ0) is 11.3. The molecule has 0 radical (unpaired) electrons. The summed E-state index contributed by atoms with van der Waals surface area (Å²) in [4.78, 5) is 12.6. The molecule has 1 aromatic heterocycles. The Morgan fingerprint density at radius 2 is 2.40 bits per heavy atom. The van der Waals surface area contributed by atoms with Crippen molar-refractivity contribution in [3.63, 3.8) is 0 Å². The smallest absolute Gasteiger partial charge is 0.264 e. The van der Waals surface area contributed by atoms with E-state index < -0.39 is 0 Å². The molecule has 0 aromatic carbocycles. The van der Waals surface area contributed by atoms with Crippen LogP contribution in [-0.4, -0.2) is 26.9 Å². The van der Waals surface area contributed by atoms with Crippen LogP contribution in [0, 0.1) is 0 Å². The van der Waals surface area contributed by atoms with Crippen molar-refractivity contribution < 1.29 is 4.79 Å². The Bertz CT molecular complexity index is 327. The highest BCUT2D eigenvalue weighted by molar-refractivity contribution is 9.09. The molecule has 1 aromatic rings. The van der Waals surface area contributed by atoms with E-state index in [9.17, 15) is 4.79 Å². The quantitative estimate of drug-likeness (QED) is 0.845. The van der Waals surface area contributed by atoms with Crippen LogP contribution < -0.4 is 5.32 Å². The van der Waals surface area contributed by atoms with Crippen molar-refractivity contribution in [2.75, 3.05) is 6.54 Å². The van der Waals surface area contributed by atoms with Crippen LogP contribution in [0.5, 0.6) is 0 Å².